The van der Waals surface area contributed by atoms with Crippen molar-refractivity contribution in [1.29, 1.82) is 0 Å². The van der Waals surface area contributed by atoms with Crippen molar-refractivity contribution in [2.24, 2.45) is 0 Å². The van der Waals surface area contributed by atoms with Gasteiger partial charge in [-0.1, -0.05) is 0 Å². The number of benzene rings is 1. The molecule has 0 radical (unpaired) electrons. The summed E-state index contributed by atoms with van der Waals surface area (Å²) in [5.41, 5.74) is 2.72. The lowest BCUT2D eigenvalue weighted by Gasteiger charge is -2.08. The summed E-state index contributed by atoms with van der Waals surface area (Å²) >= 11 is 1.11. The van der Waals surface area contributed by atoms with Gasteiger partial charge in [-0.15, -0.1) is 11.3 Å². The summed E-state index contributed by atoms with van der Waals surface area (Å²) in [5.74, 6) is 0.359. The first-order valence-corrected chi connectivity index (χ1v) is 6.70. The van der Waals surface area contributed by atoms with Gasteiger partial charge in [0.1, 0.15) is 4.88 Å². The maximum atomic E-state index is 11.1. The van der Waals surface area contributed by atoms with Crippen LogP contribution in [-0.4, -0.2) is 29.3 Å². The van der Waals surface area contributed by atoms with Gasteiger partial charge in [-0.05, 0) is 18.2 Å². The number of aromatic nitrogens is 1. The van der Waals surface area contributed by atoms with Crippen LogP contribution >= 0.6 is 11.3 Å². The van der Waals surface area contributed by atoms with Crippen LogP contribution in [0.15, 0.2) is 23.7 Å². The van der Waals surface area contributed by atoms with Crippen molar-refractivity contribution in [1.82, 2.24) is 4.98 Å². The van der Waals surface area contributed by atoms with Crippen LogP contribution in [0.2, 0.25) is 0 Å². The highest BCUT2D eigenvalue weighted by atomic mass is 32.1. The van der Waals surface area contributed by atoms with E-state index in [2.05, 4.69) is 4.98 Å². The molecular formula is C13H11NO4S. The molecule has 1 aromatic carbocycles. The molecule has 1 aromatic heterocycles. The lowest BCUT2D eigenvalue weighted by molar-refractivity contribution is 0.0702. The van der Waals surface area contributed by atoms with E-state index in [0.717, 1.165) is 23.3 Å². The molecule has 2 aromatic rings. The van der Waals surface area contributed by atoms with E-state index in [4.69, 9.17) is 14.6 Å². The number of rotatable bonds is 2. The zero-order chi connectivity index (χ0) is 13.2. The first kappa shape index (κ1) is 12.0. The molecule has 0 unspecified atom stereocenters. The van der Waals surface area contributed by atoms with Gasteiger partial charge in [-0.25, -0.2) is 9.78 Å². The summed E-state index contributed by atoms with van der Waals surface area (Å²) in [6.45, 7) is 1.22. The van der Waals surface area contributed by atoms with E-state index in [-0.39, 0.29) is 4.88 Å². The fourth-order valence-electron chi connectivity index (χ4n) is 1.91. The van der Waals surface area contributed by atoms with Crippen LogP contribution in [0, 0.1) is 0 Å². The Kier molecular flexibility index (Phi) is 3.08. The number of fused-ring (bicyclic) bond motifs is 1. The number of hydrogen-bond donors (Lipinski definition) is 1. The van der Waals surface area contributed by atoms with Gasteiger partial charge in [0, 0.05) is 12.0 Å². The van der Waals surface area contributed by atoms with E-state index in [9.17, 15) is 4.79 Å². The molecule has 1 aliphatic heterocycles. The van der Waals surface area contributed by atoms with E-state index in [1.54, 1.807) is 18.2 Å². The molecule has 2 heterocycles. The van der Waals surface area contributed by atoms with Crippen molar-refractivity contribution in [3.63, 3.8) is 0 Å². The highest BCUT2D eigenvalue weighted by Gasteiger charge is 2.18. The summed E-state index contributed by atoms with van der Waals surface area (Å²) in [6.07, 6.45) is 0.834. The third-order valence-corrected chi connectivity index (χ3v) is 3.60. The predicted octanol–water partition coefficient (Wildman–Crippen LogP) is 2.67. The van der Waals surface area contributed by atoms with E-state index in [1.807, 2.05) is 0 Å². The number of ether oxygens (including phenoxy) is 2. The first-order chi connectivity index (χ1) is 9.25. The van der Waals surface area contributed by atoms with Crippen LogP contribution in [0.4, 0.5) is 0 Å². The molecule has 3 rings (SSSR count). The Morgan fingerprint density at radius 2 is 2.05 bits per heavy atom. The Morgan fingerprint density at radius 1 is 1.26 bits per heavy atom. The second-order valence-corrected chi connectivity index (χ2v) is 4.90. The zero-order valence-electron chi connectivity index (χ0n) is 9.96. The molecule has 0 atom stereocenters. The molecule has 5 nitrogen and oxygen atoms in total. The Hall–Kier alpha value is -2.08. The second kappa shape index (κ2) is 4.89. The van der Waals surface area contributed by atoms with Gasteiger partial charge in [0.2, 0.25) is 0 Å². The molecule has 19 heavy (non-hydrogen) atoms. The van der Waals surface area contributed by atoms with Crippen LogP contribution in [0.1, 0.15) is 16.1 Å². The molecule has 0 fully saturated rings. The highest BCUT2D eigenvalue weighted by molar-refractivity contribution is 7.12. The topological polar surface area (TPSA) is 68.7 Å². The minimum absolute atomic E-state index is 0.231. The van der Waals surface area contributed by atoms with Crippen molar-refractivity contribution < 1.29 is 19.4 Å². The average Bonchev–Trinajstić information content (AvgIpc) is 2.78. The molecule has 0 aliphatic carbocycles. The number of thiazole rings is 1. The molecule has 0 spiro atoms. The Labute approximate surface area is 113 Å². The normalized spacial score (nSPS) is 13.9. The second-order valence-electron chi connectivity index (χ2n) is 4.05. The molecule has 0 amide bonds. The number of carboxylic acids is 1. The Balaban J connectivity index is 2.04. The molecular weight excluding hydrogens is 266 g/mol. The van der Waals surface area contributed by atoms with Crippen LogP contribution in [-0.2, 0) is 0 Å². The third kappa shape index (κ3) is 2.26. The summed E-state index contributed by atoms with van der Waals surface area (Å²) in [7, 11) is 0. The fraction of sp³-hybridized carbons (Fsp3) is 0.231. The Bertz CT molecular complexity index is 623. The first-order valence-electron chi connectivity index (χ1n) is 5.82. The van der Waals surface area contributed by atoms with Gasteiger partial charge in [0.25, 0.3) is 0 Å². The molecule has 1 N–H and O–H groups in total. The highest BCUT2D eigenvalue weighted by Crippen LogP contribution is 2.35. The molecule has 0 saturated heterocycles. The fourth-order valence-corrected chi connectivity index (χ4v) is 2.56. The molecule has 1 aliphatic rings. The van der Waals surface area contributed by atoms with Crippen molar-refractivity contribution >= 4 is 17.3 Å². The summed E-state index contributed by atoms with van der Waals surface area (Å²) < 4.78 is 11.1. The minimum Gasteiger partial charge on any atom is -0.490 e. The molecule has 6 heteroatoms. The predicted molar refractivity (Wildman–Crippen MR) is 70.1 cm³/mol. The summed E-state index contributed by atoms with van der Waals surface area (Å²) in [5, 5.41) is 9.11. The van der Waals surface area contributed by atoms with Gasteiger partial charge in [-0.3, -0.25) is 0 Å². The number of hydrogen-bond acceptors (Lipinski definition) is 5. The maximum Gasteiger partial charge on any atom is 0.348 e. The van der Waals surface area contributed by atoms with Crippen LogP contribution in [0.5, 0.6) is 11.5 Å². The minimum atomic E-state index is -0.968. The number of nitrogens with zero attached hydrogens (tertiary/aromatic N) is 1. The van der Waals surface area contributed by atoms with Gasteiger partial charge >= 0.3 is 5.97 Å². The molecule has 0 bridgehead atoms. The largest absolute Gasteiger partial charge is 0.490 e. The van der Waals surface area contributed by atoms with Crippen LogP contribution < -0.4 is 9.47 Å². The lowest BCUT2D eigenvalue weighted by Crippen LogP contribution is -1.97. The quantitative estimate of drug-likeness (QED) is 0.914. The monoisotopic (exact) mass is 277 g/mol. The number of carbonyl (C=O) groups is 1. The van der Waals surface area contributed by atoms with Crippen molar-refractivity contribution in [2.45, 2.75) is 6.42 Å². The SMILES string of the molecule is O=C(O)c1scnc1-c1ccc2c(c1)OCCCO2. The van der Waals surface area contributed by atoms with Crippen molar-refractivity contribution in [2.75, 3.05) is 13.2 Å². The van der Waals surface area contributed by atoms with Crippen LogP contribution in [0.3, 0.4) is 0 Å². The number of carboxylic acid groups (broad SMARTS) is 1. The summed E-state index contributed by atoms with van der Waals surface area (Å²) in [4.78, 5) is 15.5. The van der Waals surface area contributed by atoms with Crippen molar-refractivity contribution in [3.05, 3.63) is 28.6 Å². The van der Waals surface area contributed by atoms with Gasteiger partial charge in [0.15, 0.2) is 11.5 Å². The van der Waals surface area contributed by atoms with E-state index in [0.29, 0.717) is 30.4 Å². The summed E-state index contributed by atoms with van der Waals surface area (Å²) in [6, 6.07) is 5.37. The smallest absolute Gasteiger partial charge is 0.348 e. The lowest BCUT2D eigenvalue weighted by atomic mass is 10.1. The Morgan fingerprint density at radius 3 is 2.84 bits per heavy atom. The van der Waals surface area contributed by atoms with Crippen molar-refractivity contribution in [3.8, 4) is 22.8 Å². The average molecular weight is 277 g/mol. The van der Waals surface area contributed by atoms with E-state index < -0.39 is 5.97 Å². The third-order valence-electron chi connectivity index (χ3n) is 2.78. The zero-order valence-corrected chi connectivity index (χ0v) is 10.8. The standard InChI is InChI=1S/C13H11NO4S/c15-13(16)12-11(14-7-19-12)8-2-3-9-10(6-8)18-5-1-4-17-9/h2-3,6-7H,1,4-5H2,(H,15,16). The molecule has 98 valence electrons. The molecule has 0 saturated carbocycles. The number of aromatic carboxylic acids is 1. The van der Waals surface area contributed by atoms with E-state index >= 15 is 0 Å². The van der Waals surface area contributed by atoms with Gasteiger partial charge in [0.05, 0.1) is 24.4 Å². The van der Waals surface area contributed by atoms with Crippen LogP contribution in [0.25, 0.3) is 11.3 Å². The maximum absolute atomic E-state index is 11.1. The van der Waals surface area contributed by atoms with Gasteiger partial charge < -0.3 is 14.6 Å². The van der Waals surface area contributed by atoms with Gasteiger partial charge in [-0.2, -0.15) is 0 Å². The van der Waals surface area contributed by atoms with E-state index in [1.165, 1.54) is 5.51 Å².